The van der Waals surface area contributed by atoms with E-state index in [1.807, 2.05) is 67.8 Å². The molecule has 2 aromatic rings. The highest BCUT2D eigenvalue weighted by Crippen LogP contribution is 2.32. The normalized spacial score (nSPS) is 21.8. The fourth-order valence-corrected chi connectivity index (χ4v) is 5.71. The van der Waals surface area contributed by atoms with Crippen molar-refractivity contribution in [1.29, 1.82) is 0 Å². The summed E-state index contributed by atoms with van der Waals surface area (Å²) in [4.78, 5) is 30.7. The van der Waals surface area contributed by atoms with Crippen LogP contribution in [0.25, 0.3) is 0 Å². The Labute approximate surface area is 233 Å². The molecule has 1 atom stereocenters. The summed E-state index contributed by atoms with van der Waals surface area (Å²) < 4.78 is 17.2. The molecule has 212 valence electrons. The topological polar surface area (TPSA) is 68.3 Å². The second-order valence-electron chi connectivity index (χ2n) is 11.9. The van der Waals surface area contributed by atoms with Gasteiger partial charge < -0.3 is 24.0 Å². The molecule has 2 aliphatic rings. The predicted octanol–water partition coefficient (Wildman–Crippen LogP) is 5.77. The zero-order valence-corrected chi connectivity index (χ0v) is 24.2. The predicted molar refractivity (Wildman–Crippen MR) is 152 cm³/mol. The molecule has 0 aromatic heterocycles. The molecule has 1 aliphatic carbocycles. The molecule has 0 radical (unpaired) electrons. The number of aryl methyl sites for hydroxylation is 1. The van der Waals surface area contributed by atoms with Gasteiger partial charge in [0.25, 0.3) is 0 Å². The number of morpholine rings is 1. The molecule has 39 heavy (non-hydrogen) atoms. The van der Waals surface area contributed by atoms with Crippen molar-refractivity contribution in [2.75, 3.05) is 26.8 Å². The van der Waals surface area contributed by atoms with Crippen molar-refractivity contribution in [3.05, 3.63) is 65.2 Å². The summed E-state index contributed by atoms with van der Waals surface area (Å²) in [5.41, 5.74) is 2.72. The number of methoxy groups -OCH3 is 1. The fourth-order valence-electron chi connectivity index (χ4n) is 5.71. The van der Waals surface area contributed by atoms with E-state index in [1.54, 1.807) is 7.11 Å². The minimum Gasteiger partial charge on any atom is -0.496 e. The van der Waals surface area contributed by atoms with Crippen molar-refractivity contribution in [3.8, 4) is 5.75 Å². The maximum absolute atomic E-state index is 13.5. The maximum atomic E-state index is 13.5. The fraction of sp³-hybridized carbons (Fsp3) is 0.562. The molecule has 7 nitrogen and oxygen atoms in total. The Morgan fingerprint density at radius 2 is 1.74 bits per heavy atom. The number of benzene rings is 2. The first-order valence-electron chi connectivity index (χ1n) is 14.2. The lowest BCUT2D eigenvalue weighted by atomic mass is 9.84. The number of nitrogens with zero attached hydrogens (tertiary/aromatic N) is 2. The van der Waals surface area contributed by atoms with Crippen LogP contribution in [0.1, 0.15) is 63.1 Å². The maximum Gasteiger partial charge on any atom is 0.410 e. The first-order chi connectivity index (χ1) is 18.6. The summed E-state index contributed by atoms with van der Waals surface area (Å²) in [6, 6.07) is 16.3. The van der Waals surface area contributed by atoms with Crippen molar-refractivity contribution >= 4 is 12.0 Å². The Morgan fingerprint density at radius 3 is 2.38 bits per heavy atom. The molecule has 0 N–H and O–H groups in total. The molecular weight excluding hydrogens is 492 g/mol. The molecule has 1 saturated heterocycles. The van der Waals surface area contributed by atoms with E-state index in [9.17, 15) is 9.59 Å². The lowest BCUT2D eigenvalue weighted by molar-refractivity contribution is -0.144. The van der Waals surface area contributed by atoms with Crippen LogP contribution in [0.4, 0.5) is 4.79 Å². The first kappa shape index (κ1) is 28.9. The van der Waals surface area contributed by atoms with Crippen LogP contribution in [0.5, 0.6) is 5.75 Å². The molecule has 4 rings (SSSR count). The third kappa shape index (κ3) is 7.98. The smallest absolute Gasteiger partial charge is 0.410 e. The Kier molecular flexibility index (Phi) is 9.54. The molecule has 1 heterocycles. The molecular formula is C32H44N2O5. The number of ether oxygens (including phenoxy) is 3. The largest absolute Gasteiger partial charge is 0.496 e. The van der Waals surface area contributed by atoms with Crippen LogP contribution in [0.15, 0.2) is 48.5 Å². The third-order valence-corrected chi connectivity index (χ3v) is 7.68. The van der Waals surface area contributed by atoms with Crippen LogP contribution in [0, 0.1) is 12.8 Å². The molecule has 2 fully saturated rings. The van der Waals surface area contributed by atoms with E-state index in [0.717, 1.165) is 49.0 Å². The van der Waals surface area contributed by atoms with Crippen LogP contribution in [-0.2, 0) is 27.2 Å². The molecule has 0 bridgehead atoms. The number of carbonyl (C=O) groups excluding carboxylic acids is 2. The lowest BCUT2D eigenvalue weighted by Crippen LogP contribution is -2.50. The van der Waals surface area contributed by atoms with Crippen molar-refractivity contribution < 1.29 is 23.8 Å². The molecule has 7 heteroatoms. The summed E-state index contributed by atoms with van der Waals surface area (Å²) in [7, 11) is 1.66. The van der Waals surface area contributed by atoms with Gasteiger partial charge in [0, 0.05) is 38.0 Å². The van der Waals surface area contributed by atoms with Crippen LogP contribution in [0.2, 0.25) is 0 Å². The van der Waals surface area contributed by atoms with Crippen LogP contribution >= 0.6 is 0 Å². The van der Waals surface area contributed by atoms with E-state index in [1.165, 1.54) is 5.56 Å². The Hall–Kier alpha value is -3.06. The van der Waals surface area contributed by atoms with Crippen molar-refractivity contribution in [2.45, 2.75) is 84.1 Å². The standard InChI is InChI=1S/C32H44N2O5/c1-23-19-25(11-16-29(23)37-5)21-34(31(36)39-32(2,3)4)27-14-12-26(13-15-27)30(35)33-17-18-38-28(22-33)20-24-9-7-6-8-10-24/h6-11,16,19,26-28H,12-15,17-18,20-22H2,1-5H3/t26?,27?,28-/m1/s1. The summed E-state index contributed by atoms with van der Waals surface area (Å²) in [6.07, 6.45) is 3.63. The highest BCUT2D eigenvalue weighted by molar-refractivity contribution is 5.79. The summed E-state index contributed by atoms with van der Waals surface area (Å²) in [5, 5.41) is 0. The van der Waals surface area contributed by atoms with E-state index in [4.69, 9.17) is 14.2 Å². The van der Waals surface area contributed by atoms with E-state index in [2.05, 4.69) is 18.2 Å². The van der Waals surface area contributed by atoms with Gasteiger partial charge in [-0.05, 0) is 76.1 Å². The van der Waals surface area contributed by atoms with Gasteiger partial charge in [-0.1, -0.05) is 42.5 Å². The van der Waals surface area contributed by atoms with Gasteiger partial charge in [-0.15, -0.1) is 0 Å². The molecule has 0 spiro atoms. The Bertz CT molecular complexity index is 1110. The second kappa shape index (κ2) is 12.9. The number of carbonyl (C=O) groups is 2. The van der Waals surface area contributed by atoms with E-state index in [0.29, 0.717) is 26.2 Å². The van der Waals surface area contributed by atoms with Gasteiger partial charge in [-0.25, -0.2) is 4.79 Å². The molecule has 0 unspecified atom stereocenters. The molecule has 2 aromatic carbocycles. The van der Waals surface area contributed by atoms with Crippen LogP contribution in [-0.4, -0.2) is 66.4 Å². The van der Waals surface area contributed by atoms with Gasteiger partial charge in [0.2, 0.25) is 5.91 Å². The number of amides is 2. The molecule has 1 saturated carbocycles. The first-order valence-corrected chi connectivity index (χ1v) is 14.2. The van der Waals surface area contributed by atoms with Crippen LogP contribution in [0.3, 0.4) is 0 Å². The number of rotatable bonds is 7. The lowest BCUT2D eigenvalue weighted by Gasteiger charge is -2.40. The minimum atomic E-state index is -0.578. The summed E-state index contributed by atoms with van der Waals surface area (Å²) in [5.74, 6) is 1.04. The number of hydrogen-bond donors (Lipinski definition) is 0. The monoisotopic (exact) mass is 536 g/mol. The zero-order chi connectivity index (χ0) is 28.0. The Balaban J connectivity index is 1.38. The average molecular weight is 537 g/mol. The van der Waals surface area contributed by atoms with Gasteiger partial charge in [0.1, 0.15) is 11.4 Å². The van der Waals surface area contributed by atoms with Crippen LogP contribution < -0.4 is 4.74 Å². The number of hydrogen-bond acceptors (Lipinski definition) is 5. The third-order valence-electron chi connectivity index (χ3n) is 7.68. The zero-order valence-electron chi connectivity index (χ0n) is 24.2. The minimum absolute atomic E-state index is 0.0135. The Morgan fingerprint density at radius 1 is 1.03 bits per heavy atom. The van der Waals surface area contributed by atoms with Gasteiger partial charge in [0.15, 0.2) is 0 Å². The summed E-state index contributed by atoms with van der Waals surface area (Å²) >= 11 is 0. The van der Waals surface area contributed by atoms with Gasteiger partial charge in [-0.2, -0.15) is 0 Å². The van der Waals surface area contributed by atoms with Crippen molar-refractivity contribution in [2.24, 2.45) is 5.92 Å². The average Bonchev–Trinajstić information content (AvgIpc) is 2.91. The van der Waals surface area contributed by atoms with E-state index < -0.39 is 5.60 Å². The van der Waals surface area contributed by atoms with Gasteiger partial charge in [-0.3, -0.25) is 4.79 Å². The molecule has 1 aliphatic heterocycles. The quantitative estimate of drug-likeness (QED) is 0.449. The second-order valence-corrected chi connectivity index (χ2v) is 11.9. The van der Waals surface area contributed by atoms with Crippen molar-refractivity contribution in [3.63, 3.8) is 0 Å². The van der Waals surface area contributed by atoms with Crippen molar-refractivity contribution in [1.82, 2.24) is 9.80 Å². The highest BCUT2D eigenvalue weighted by atomic mass is 16.6. The SMILES string of the molecule is COc1ccc(CN(C(=O)OC(C)(C)C)C2CCC(C(=O)N3CCO[C@H](Cc4ccccc4)C3)CC2)cc1C. The van der Waals surface area contributed by atoms with E-state index >= 15 is 0 Å². The van der Waals surface area contributed by atoms with Gasteiger partial charge >= 0.3 is 6.09 Å². The van der Waals surface area contributed by atoms with Gasteiger partial charge in [0.05, 0.1) is 19.8 Å². The molecule has 2 amide bonds. The highest BCUT2D eigenvalue weighted by Gasteiger charge is 2.36. The van der Waals surface area contributed by atoms with E-state index in [-0.39, 0.29) is 30.1 Å². The summed E-state index contributed by atoms with van der Waals surface area (Å²) in [6.45, 7) is 10.0.